The molecule has 0 radical (unpaired) electrons. The van der Waals surface area contributed by atoms with Gasteiger partial charge in [0, 0.05) is 13.1 Å². The number of amides is 1. The lowest BCUT2D eigenvalue weighted by atomic mass is 10.00. The highest BCUT2D eigenvalue weighted by molar-refractivity contribution is 7.89. The Morgan fingerprint density at radius 2 is 2.31 bits per heavy atom. The van der Waals surface area contributed by atoms with Gasteiger partial charge in [0.1, 0.15) is 0 Å². The van der Waals surface area contributed by atoms with Crippen molar-refractivity contribution >= 4 is 15.9 Å². The molecule has 1 atom stereocenters. The van der Waals surface area contributed by atoms with Crippen molar-refractivity contribution in [3.63, 3.8) is 0 Å². The minimum absolute atomic E-state index is 0.0232. The molecule has 16 heavy (non-hydrogen) atoms. The normalized spacial score (nSPS) is 21.8. The molecule has 1 fully saturated rings. The molecule has 0 spiro atoms. The van der Waals surface area contributed by atoms with Crippen LogP contribution in [0.2, 0.25) is 0 Å². The standard InChI is InChI=1S/C10H18N2O3S/c1-3-10(13)12-6-4-5-9(7-12)8-16(14,15)11-2/h3,9,11H,1,4-8H2,2H3. The molecule has 1 heterocycles. The average molecular weight is 246 g/mol. The van der Waals surface area contributed by atoms with Crippen LogP contribution in [0.5, 0.6) is 0 Å². The summed E-state index contributed by atoms with van der Waals surface area (Å²) in [6.07, 6.45) is 2.97. The van der Waals surface area contributed by atoms with E-state index in [4.69, 9.17) is 0 Å². The number of piperidine rings is 1. The molecule has 1 aliphatic rings. The van der Waals surface area contributed by atoms with Crippen molar-refractivity contribution in [3.05, 3.63) is 12.7 Å². The molecule has 1 unspecified atom stereocenters. The van der Waals surface area contributed by atoms with Crippen LogP contribution >= 0.6 is 0 Å². The molecule has 1 N–H and O–H groups in total. The third-order valence-electron chi connectivity index (χ3n) is 2.77. The summed E-state index contributed by atoms with van der Waals surface area (Å²) >= 11 is 0. The number of nitrogens with one attached hydrogen (secondary N) is 1. The van der Waals surface area contributed by atoms with Crippen LogP contribution in [-0.4, -0.2) is 45.1 Å². The lowest BCUT2D eigenvalue weighted by molar-refractivity contribution is -0.127. The monoisotopic (exact) mass is 246 g/mol. The van der Waals surface area contributed by atoms with Gasteiger partial charge in [0.05, 0.1) is 5.75 Å². The van der Waals surface area contributed by atoms with Crippen molar-refractivity contribution < 1.29 is 13.2 Å². The van der Waals surface area contributed by atoms with E-state index in [2.05, 4.69) is 11.3 Å². The summed E-state index contributed by atoms with van der Waals surface area (Å²) in [4.78, 5) is 13.0. The van der Waals surface area contributed by atoms with Gasteiger partial charge in [-0.1, -0.05) is 6.58 Å². The Morgan fingerprint density at radius 3 is 2.88 bits per heavy atom. The molecule has 0 bridgehead atoms. The van der Waals surface area contributed by atoms with E-state index in [-0.39, 0.29) is 17.6 Å². The second-order valence-corrected chi connectivity index (χ2v) is 5.95. The first-order valence-corrected chi connectivity index (χ1v) is 6.96. The highest BCUT2D eigenvalue weighted by Gasteiger charge is 2.25. The van der Waals surface area contributed by atoms with Gasteiger partial charge in [0.25, 0.3) is 0 Å². The molecule has 1 aliphatic heterocycles. The maximum absolute atomic E-state index is 11.4. The second-order valence-electron chi connectivity index (χ2n) is 3.98. The molecule has 1 saturated heterocycles. The van der Waals surface area contributed by atoms with Crippen LogP contribution in [-0.2, 0) is 14.8 Å². The van der Waals surface area contributed by atoms with Gasteiger partial charge < -0.3 is 4.90 Å². The van der Waals surface area contributed by atoms with Gasteiger partial charge in [-0.15, -0.1) is 0 Å². The summed E-state index contributed by atoms with van der Waals surface area (Å²) in [5, 5.41) is 0. The topological polar surface area (TPSA) is 66.5 Å². The lowest BCUT2D eigenvalue weighted by Gasteiger charge is -2.31. The smallest absolute Gasteiger partial charge is 0.245 e. The molecule has 1 rings (SSSR count). The van der Waals surface area contributed by atoms with Crippen LogP contribution in [0.15, 0.2) is 12.7 Å². The Balaban J connectivity index is 2.57. The van der Waals surface area contributed by atoms with Gasteiger partial charge in [0.2, 0.25) is 15.9 Å². The molecular weight excluding hydrogens is 228 g/mol. The fraction of sp³-hybridized carbons (Fsp3) is 0.700. The number of nitrogens with zero attached hydrogens (tertiary/aromatic N) is 1. The first kappa shape index (κ1) is 13.2. The summed E-state index contributed by atoms with van der Waals surface area (Å²) in [7, 11) is -1.78. The molecule has 1 amide bonds. The van der Waals surface area contributed by atoms with E-state index in [1.165, 1.54) is 13.1 Å². The Kier molecular flexibility index (Phi) is 4.49. The van der Waals surface area contributed by atoms with E-state index in [9.17, 15) is 13.2 Å². The number of carbonyl (C=O) groups excluding carboxylic acids is 1. The van der Waals surface area contributed by atoms with Crippen molar-refractivity contribution in [2.24, 2.45) is 5.92 Å². The zero-order chi connectivity index (χ0) is 12.2. The van der Waals surface area contributed by atoms with E-state index in [1.54, 1.807) is 4.90 Å². The number of likely N-dealkylation sites (tertiary alicyclic amines) is 1. The van der Waals surface area contributed by atoms with Gasteiger partial charge in [0.15, 0.2) is 0 Å². The first-order valence-electron chi connectivity index (χ1n) is 5.31. The molecule has 0 saturated carbocycles. The summed E-state index contributed by atoms with van der Waals surface area (Å²) in [6.45, 7) is 4.63. The van der Waals surface area contributed by atoms with Crippen LogP contribution in [0.4, 0.5) is 0 Å². The van der Waals surface area contributed by atoms with E-state index in [0.717, 1.165) is 12.8 Å². The van der Waals surface area contributed by atoms with Crippen LogP contribution in [0.3, 0.4) is 0 Å². The van der Waals surface area contributed by atoms with E-state index in [0.29, 0.717) is 13.1 Å². The van der Waals surface area contributed by atoms with Crippen LogP contribution in [0, 0.1) is 5.92 Å². The zero-order valence-corrected chi connectivity index (χ0v) is 10.3. The van der Waals surface area contributed by atoms with Gasteiger partial charge >= 0.3 is 0 Å². The Bertz CT molecular complexity index is 364. The van der Waals surface area contributed by atoms with Crippen molar-refractivity contribution in [1.82, 2.24) is 9.62 Å². The molecular formula is C10H18N2O3S. The molecule has 0 aromatic carbocycles. The van der Waals surface area contributed by atoms with Crippen LogP contribution in [0.1, 0.15) is 12.8 Å². The third kappa shape index (κ3) is 3.61. The third-order valence-corrected chi connectivity index (χ3v) is 4.30. The predicted molar refractivity (Wildman–Crippen MR) is 62.3 cm³/mol. The Labute approximate surface area is 96.6 Å². The summed E-state index contributed by atoms with van der Waals surface area (Å²) in [5.74, 6) is -0.00797. The maximum atomic E-state index is 11.4. The lowest BCUT2D eigenvalue weighted by Crippen LogP contribution is -2.42. The molecule has 0 aliphatic carbocycles. The van der Waals surface area contributed by atoms with E-state index >= 15 is 0 Å². The Hall–Kier alpha value is -0.880. The summed E-state index contributed by atoms with van der Waals surface area (Å²) < 4.78 is 25.1. The highest BCUT2D eigenvalue weighted by atomic mass is 32.2. The number of hydrogen-bond donors (Lipinski definition) is 1. The molecule has 0 aromatic heterocycles. The quantitative estimate of drug-likeness (QED) is 0.708. The predicted octanol–water partition coefficient (Wildman–Crippen LogP) is -0.0398. The van der Waals surface area contributed by atoms with Gasteiger partial charge in [-0.05, 0) is 31.9 Å². The fourth-order valence-electron chi connectivity index (χ4n) is 1.92. The minimum atomic E-state index is -3.19. The first-order chi connectivity index (χ1) is 7.48. The number of carbonyl (C=O) groups is 1. The van der Waals surface area contributed by atoms with E-state index in [1.807, 2.05) is 0 Å². The van der Waals surface area contributed by atoms with Gasteiger partial charge in [-0.25, -0.2) is 13.1 Å². The van der Waals surface area contributed by atoms with Crippen molar-refractivity contribution in [2.75, 3.05) is 25.9 Å². The number of hydrogen-bond acceptors (Lipinski definition) is 3. The zero-order valence-electron chi connectivity index (χ0n) is 9.48. The van der Waals surface area contributed by atoms with Gasteiger partial charge in [-0.3, -0.25) is 4.79 Å². The maximum Gasteiger partial charge on any atom is 0.245 e. The number of sulfonamides is 1. The van der Waals surface area contributed by atoms with Crippen molar-refractivity contribution in [3.8, 4) is 0 Å². The molecule has 0 aromatic rings. The van der Waals surface area contributed by atoms with Crippen molar-refractivity contribution in [1.29, 1.82) is 0 Å². The summed E-state index contributed by atoms with van der Waals surface area (Å²) in [6, 6.07) is 0. The van der Waals surface area contributed by atoms with Crippen LogP contribution in [0.25, 0.3) is 0 Å². The average Bonchev–Trinajstić information content (AvgIpc) is 2.28. The molecule has 5 nitrogen and oxygen atoms in total. The Morgan fingerprint density at radius 1 is 1.62 bits per heavy atom. The number of rotatable bonds is 4. The molecule has 6 heteroatoms. The van der Waals surface area contributed by atoms with Crippen LogP contribution < -0.4 is 4.72 Å². The van der Waals surface area contributed by atoms with Crippen molar-refractivity contribution in [2.45, 2.75) is 12.8 Å². The fourth-order valence-corrected chi connectivity index (χ4v) is 2.98. The molecule has 92 valence electrons. The second kappa shape index (κ2) is 5.45. The minimum Gasteiger partial charge on any atom is -0.339 e. The highest BCUT2D eigenvalue weighted by Crippen LogP contribution is 2.18. The SMILES string of the molecule is C=CC(=O)N1CCCC(CS(=O)(=O)NC)C1. The van der Waals surface area contributed by atoms with Gasteiger partial charge in [-0.2, -0.15) is 0 Å². The summed E-state index contributed by atoms with van der Waals surface area (Å²) in [5.41, 5.74) is 0. The largest absolute Gasteiger partial charge is 0.339 e. The van der Waals surface area contributed by atoms with E-state index < -0.39 is 10.0 Å².